The van der Waals surface area contributed by atoms with Crippen LogP contribution in [0.25, 0.3) is 0 Å². The quantitative estimate of drug-likeness (QED) is 0.795. The highest BCUT2D eigenvalue weighted by Gasteiger charge is 2.89. The van der Waals surface area contributed by atoms with Crippen LogP contribution in [0.15, 0.2) is 30.3 Å². The topological polar surface area (TPSA) is 40.5 Å². The Labute approximate surface area is 112 Å². The first kappa shape index (κ1) is 9.95. The highest BCUT2D eigenvalue weighted by atomic mass is 16.3. The average molecular weight is 254 g/mol. The Kier molecular flexibility index (Phi) is 1.38. The van der Waals surface area contributed by atoms with E-state index < -0.39 is 0 Å². The summed E-state index contributed by atoms with van der Waals surface area (Å²) < 4.78 is 0. The fraction of sp³-hybridized carbons (Fsp3) is 0.647. The summed E-state index contributed by atoms with van der Waals surface area (Å²) in [6.45, 7) is 0. The Bertz CT molecular complexity index is 580. The molecule has 0 unspecified atom stereocenters. The molecule has 6 saturated carbocycles. The van der Waals surface area contributed by atoms with Gasteiger partial charge in [0, 0.05) is 11.3 Å². The van der Waals surface area contributed by atoms with Gasteiger partial charge in [0.2, 0.25) is 0 Å². The molecule has 6 aliphatic carbocycles. The predicted octanol–water partition coefficient (Wildman–Crippen LogP) is 1.42. The lowest BCUT2D eigenvalue weighted by atomic mass is 9.61. The number of rotatable bonds is 1. The van der Waals surface area contributed by atoms with E-state index in [1.54, 1.807) is 0 Å². The molecule has 19 heavy (non-hydrogen) atoms. The fourth-order valence-corrected chi connectivity index (χ4v) is 7.93. The second kappa shape index (κ2) is 2.64. The van der Waals surface area contributed by atoms with E-state index in [-0.39, 0.29) is 17.6 Å². The van der Waals surface area contributed by atoms with Crippen molar-refractivity contribution in [1.82, 2.24) is 0 Å². The molecular weight excluding hydrogens is 236 g/mol. The maximum atomic E-state index is 11.0. The zero-order valence-electron chi connectivity index (χ0n) is 10.7. The van der Waals surface area contributed by atoms with Crippen molar-refractivity contribution in [1.29, 1.82) is 0 Å². The summed E-state index contributed by atoms with van der Waals surface area (Å²) in [6, 6.07) is 10.6. The van der Waals surface area contributed by atoms with Crippen LogP contribution in [-0.4, -0.2) is 22.4 Å². The molecule has 10 atom stereocenters. The largest absolute Gasteiger partial charge is 0.392 e. The molecule has 98 valence electrons. The van der Waals surface area contributed by atoms with Gasteiger partial charge in [0.1, 0.15) is 0 Å². The van der Waals surface area contributed by atoms with Crippen LogP contribution in [0.1, 0.15) is 12.0 Å². The van der Waals surface area contributed by atoms with Crippen LogP contribution in [0.4, 0.5) is 0 Å². The van der Waals surface area contributed by atoms with E-state index in [4.69, 9.17) is 0 Å². The first-order chi connectivity index (χ1) is 9.28. The van der Waals surface area contributed by atoms with Gasteiger partial charge in [0.15, 0.2) is 0 Å². The summed E-state index contributed by atoms with van der Waals surface area (Å²) in [5.41, 5.74) is 1.20. The van der Waals surface area contributed by atoms with Crippen LogP contribution in [0.5, 0.6) is 0 Å². The lowest BCUT2D eigenvalue weighted by Gasteiger charge is -2.42. The van der Waals surface area contributed by atoms with Gasteiger partial charge in [-0.15, -0.1) is 0 Å². The summed E-state index contributed by atoms with van der Waals surface area (Å²) >= 11 is 0. The van der Waals surface area contributed by atoms with Gasteiger partial charge in [-0.3, -0.25) is 0 Å². The zero-order valence-corrected chi connectivity index (χ0v) is 10.7. The summed E-state index contributed by atoms with van der Waals surface area (Å²) in [4.78, 5) is 0. The molecule has 7 rings (SSSR count). The Morgan fingerprint density at radius 1 is 0.895 bits per heavy atom. The molecule has 0 amide bonds. The first-order valence-electron chi connectivity index (χ1n) is 7.69. The molecule has 0 aliphatic heterocycles. The predicted molar refractivity (Wildman–Crippen MR) is 69.2 cm³/mol. The highest BCUT2D eigenvalue weighted by molar-refractivity contribution is 5.47. The van der Waals surface area contributed by atoms with E-state index in [0.717, 1.165) is 5.92 Å². The van der Waals surface area contributed by atoms with E-state index >= 15 is 0 Å². The van der Waals surface area contributed by atoms with Gasteiger partial charge in [0.05, 0.1) is 12.2 Å². The Balaban J connectivity index is 1.68. The Hall–Kier alpha value is -0.860. The second-order valence-electron chi connectivity index (χ2n) is 7.58. The molecule has 0 aromatic heterocycles. The minimum absolute atomic E-state index is 0.0989. The summed E-state index contributed by atoms with van der Waals surface area (Å²) in [5, 5.41) is 21.8. The lowest BCUT2D eigenvalue weighted by molar-refractivity contribution is 0.0683. The van der Waals surface area contributed by atoms with Gasteiger partial charge in [-0.2, -0.15) is 0 Å². The number of benzene rings is 1. The SMILES string of the molecule is O[C@H]1[C@H]2[C@@H]3C[C@@H]4[C@H]5[C@@H]3[C@H]1[C@@](c1ccccc1)([C@H]42)[C@H]5O. The third kappa shape index (κ3) is 0.696. The van der Waals surface area contributed by atoms with Gasteiger partial charge in [-0.25, -0.2) is 0 Å². The van der Waals surface area contributed by atoms with E-state index in [0.29, 0.717) is 35.5 Å². The van der Waals surface area contributed by atoms with Crippen LogP contribution >= 0.6 is 0 Å². The molecule has 2 nitrogen and oxygen atoms in total. The number of aliphatic hydroxyl groups is 2. The lowest BCUT2D eigenvalue weighted by Crippen LogP contribution is -2.44. The van der Waals surface area contributed by atoms with Gasteiger partial charge in [-0.1, -0.05) is 30.3 Å². The molecule has 6 fully saturated rings. The third-order valence-corrected chi connectivity index (χ3v) is 7.76. The van der Waals surface area contributed by atoms with Gasteiger partial charge in [-0.05, 0) is 47.5 Å². The molecule has 2 heteroatoms. The molecule has 1 aromatic carbocycles. The van der Waals surface area contributed by atoms with Crippen molar-refractivity contribution >= 4 is 0 Å². The van der Waals surface area contributed by atoms with Gasteiger partial charge >= 0.3 is 0 Å². The van der Waals surface area contributed by atoms with Crippen molar-refractivity contribution < 1.29 is 10.2 Å². The molecular formula is C17H18O2. The van der Waals surface area contributed by atoms with Crippen molar-refractivity contribution in [2.75, 3.05) is 0 Å². The van der Waals surface area contributed by atoms with E-state index in [1.165, 1.54) is 12.0 Å². The van der Waals surface area contributed by atoms with Crippen LogP contribution < -0.4 is 0 Å². The minimum atomic E-state index is -0.202. The first-order valence-corrected chi connectivity index (χ1v) is 7.69. The Morgan fingerprint density at radius 2 is 1.68 bits per heavy atom. The van der Waals surface area contributed by atoms with Crippen LogP contribution in [0, 0.1) is 41.4 Å². The maximum absolute atomic E-state index is 11.0. The van der Waals surface area contributed by atoms with Crippen LogP contribution in [0.2, 0.25) is 0 Å². The van der Waals surface area contributed by atoms with Crippen molar-refractivity contribution in [2.24, 2.45) is 41.4 Å². The zero-order chi connectivity index (χ0) is 12.5. The molecule has 0 heterocycles. The van der Waals surface area contributed by atoms with Crippen molar-refractivity contribution in [3.8, 4) is 0 Å². The van der Waals surface area contributed by atoms with Crippen LogP contribution in [0.3, 0.4) is 0 Å². The van der Waals surface area contributed by atoms with Gasteiger partial charge < -0.3 is 10.2 Å². The molecule has 0 radical (unpaired) electrons. The van der Waals surface area contributed by atoms with Crippen LogP contribution in [-0.2, 0) is 5.41 Å². The van der Waals surface area contributed by atoms with Crippen molar-refractivity contribution in [3.63, 3.8) is 0 Å². The Morgan fingerprint density at radius 3 is 2.47 bits per heavy atom. The second-order valence-corrected chi connectivity index (χ2v) is 7.58. The van der Waals surface area contributed by atoms with Crippen molar-refractivity contribution in [3.05, 3.63) is 35.9 Å². The summed E-state index contributed by atoms with van der Waals surface area (Å²) in [7, 11) is 0. The monoisotopic (exact) mass is 254 g/mol. The van der Waals surface area contributed by atoms with E-state index in [9.17, 15) is 10.2 Å². The van der Waals surface area contributed by atoms with E-state index in [2.05, 4.69) is 24.3 Å². The molecule has 6 aliphatic rings. The molecule has 0 saturated heterocycles. The molecule has 6 bridgehead atoms. The van der Waals surface area contributed by atoms with Crippen molar-refractivity contribution in [2.45, 2.75) is 24.0 Å². The minimum Gasteiger partial charge on any atom is -0.392 e. The van der Waals surface area contributed by atoms with Gasteiger partial charge in [0.25, 0.3) is 0 Å². The molecule has 0 spiro atoms. The smallest absolute Gasteiger partial charge is 0.0677 e. The standard InChI is InChI=1S/C17H18O2/c18-15-12-8-6-9-11-10(8)14(15)17(13(9)12,16(11)19)7-4-2-1-3-5-7/h1-5,8-16,18-19H,6H2/t8-,9-,10-,11+,12+,13-,14-,15+,16+,17-/m1/s1. The highest BCUT2D eigenvalue weighted by Crippen LogP contribution is 2.86. The number of hydrogen-bond donors (Lipinski definition) is 2. The molecule has 2 N–H and O–H groups in total. The third-order valence-electron chi connectivity index (χ3n) is 7.76. The fourth-order valence-electron chi connectivity index (χ4n) is 7.93. The number of hydrogen-bond acceptors (Lipinski definition) is 2. The number of aliphatic hydroxyl groups excluding tert-OH is 2. The normalized spacial score (nSPS) is 65.9. The van der Waals surface area contributed by atoms with E-state index in [1.807, 2.05) is 6.07 Å². The maximum Gasteiger partial charge on any atom is 0.0677 e. The summed E-state index contributed by atoms with van der Waals surface area (Å²) in [6.07, 6.45) is 0.934. The summed E-state index contributed by atoms with van der Waals surface area (Å²) in [5.74, 6) is 3.93. The molecule has 1 aromatic rings. The average Bonchev–Trinajstić information content (AvgIpc) is 3.15.